The third kappa shape index (κ3) is 3.91. The predicted molar refractivity (Wildman–Crippen MR) is 97.3 cm³/mol. The summed E-state index contributed by atoms with van der Waals surface area (Å²) in [6.45, 7) is 5.25. The summed E-state index contributed by atoms with van der Waals surface area (Å²) >= 11 is 0. The van der Waals surface area contributed by atoms with E-state index in [0.717, 1.165) is 29.2 Å². The molecule has 1 aliphatic rings. The van der Waals surface area contributed by atoms with Gasteiger partial charge in [0, 0.05) is 23.5 Å². The summed E-state index contributed by atoms with van der Waals surface area (Å²) < 4.78 is 19.1. The third-order valence-corrected chi connectivity index (χ3v) is 3.64. The lowest BCUT2D eigenvalue weighted by atomic mass is 10.1. The molecule has 1 aromatic carbocycles. The third-order valence-electron chi connectivity index (χ3n) is 3.64. The highest BCUT2D eigenvalue weighted by Crippen LogP contribution is 2.26. The molecule has 6 heteroatoms. The maximum absolute atomic E-state index is 13.3. The van der Waals surface area contributed by atoms with E-state index in [1.807, 2.05) is 13.8 Å². The zero-order valence-corrected chi connectivity index (χ0v) is 15.1. The molecule has 1 aliphatic carbocycles. The van der Waals surface area contributed by atoms with E-state index < -0.39 is 0 Å². The second kappa shape index (κ2) is 7.30. The van der Waals surface area contributed by atoms with E-state index in [-0.39, 0.29) is 29.8 Å². The monoisotopic (exact) mass is 417 g/mol. The number of fused-ring (bicyclic) bond motifs is 1. The Morgan fingerprint density at radius 2 is 2.18 bits per heavy atom. The summed E-state index contributed by atoms with van der Waals surface area (Å²) in [7, 11) is 0. The van der Waals surface area contributed by atoms with E-state index in [0.29, 0.717) is 18.2 Å². The molecule has 2 aromatic rings. The number of guanidine groups is 1. The van der Waals surface area contributed by atoms with Crippen molar-refractivity contribution in [1.29, 1.82) is 0 Å². The standard InChI is InChI=1S/C16H20FN3O.HI/c1-3-18-16(20-12-5-6-12)19-9-15-10(2)13-8-11(17)4-7-14(13)21-15;/h4,7-8,12H,3,5-6,9H2,1-2H3,(H2,18,19,20);1H. The van der Waals surface area contributed by atoms with Crippen LogP contribution in [0.15, 0.2) is 27.6 Å². The summed E-state index contributed by atoms with van der Waals surface area (Å²) in [6.07, 6.45) is 2.40. The summed E-state index contributed by atoms with van der Waals surface area (Å²) in [4.78, 5) is 4.55. The minimum atomic E-state index is -0.245. The minimum Gasteiger partial charge on any atom is -0.459 e. The van der Waals surface area contributed by atoms with Crippen LogP contribution in [0.4, 0.5) is 4.39 Å². The molecule has 2 N–H and O–H groups in total. The first kappa shape index (κ1) is 17.1. The number of furan rings is 1. The van der Waals surface area contributed by atoms with Crippen LogP contribution in [0.25, 0.3) is 11.0 Å². The van der Waals surface area contributed by atoms with Crippen LogP contribution in [0.2, 0.25) is 0 Å². The zero-order valence-electron chi connectivity index (χ0n) is 12.8. The molecule has 0 amide bonds. The number of hydrogen-bond acceptors (Lipinski definition) is 2. The lowest BCUT2D eigenvalue weighted by molar-refractivity contribution is 0.547. The normalized spacial score (nSPS) is 14.8. The van der Waals surface area contributed by atoms with Crippen molar-refractivity contribution in [2.45, 2.75) is 39.3 Å². The van der Waals surface area contributed by atoms with Crippen molar-refractivity contribution in [3.8, 4) is 0 Å². The number of halogens is 2. The van der Waals surface area contributed by atoms with Crippen LogP contribution in [-0.4, -0.2) is 18.5 Å². The summed E-state index contributed by atoms with van der Waals surface area (Å²) in [5.41, 5.74) is 1.66. The Kier molecular flexibility index (Phi) is 5.66. The Labute approximate surface area is 146 Å². The second-order valence-electron chi connectivity index (χ2n) is 5.40. The molecular weight excluding hydrogens is 396 g/mol. The Morgan fingerprint density at radius 3 is 2.86 bits per heavy atom. The van der Waals surface area contributed by atoms with Gasteiger partial charge in [-0.2, -0.15) is 0 Å². The molecule has 0 unspecified atom stereocenters. The fourth-order valence-electron chi connectivity index (χ4n) is 2.29. The van der Waals surface area contributed by atoms with Crippen LogP contribution in [0.5, 0.6) is 0 Å². The van der Waals surface area contributed by atoms with Gasteiger partial charge < -0.3 is 15.1 Å². The van der Waals surface area contributed by atoms with E-state index >= 15 is 0 Å². The number of rotatable bonds is 4. The Balaban J connectivity index is 0.00000176. The van der Waals surface area contributed by atoms with E-state index in [1.165, 1.54) is 25.0 Å². The zero-order chi connectivity index (χ0) is 14.8. The Hall–Kier alpha value is -1.31. The molecule has 0 spiro atoms. The number of aliphatic imine (C=N–C) groups is 1. The van der Waals surface area contributed by atoms with Crippen molar-refractivity contribution in [1.82, 2.24) is 10.6 Å². The SMILES string of the molecule is CCNC(=NCc1oc2ccc(F)cc2c1C)NC1CC1.I. The molecule has 1 heterocycles. The Morgan fingerprint density at radius 1 is 1.41 bits per heavy atom. The van der Waals surface area contributed by atoms with E-state index in [9.17, 15) is 4.39 Å². The number of benzene rings is 1. The van der Waals surface area contributed by atoms with Crippen LogP contribution >= 0.6 is 24.0 Å². The molecule has 0 radical (unpaired) electrons. The molecule has 0 aliphatic heterocycles. The first-order valence-corrected chi connectivity index (χ1v) is 7.39. The van der Waals surface area contributed by atoms with Crippen LogP contribution < -0.4 is 10.6 Å². The van der Waals surface area contributed by atoms with Gasteiger partial charge in [0.25, 0.3) is 0 Å². The lowest BCUT2D eigenvalue weighted by Gasteiger charge is -2.09. The van der Waals surface area contributed by atoms with Gasteiger partial charge in [-0.25, -0.2) is 9.38 Å². The van der Waals surface area contributed by atoms with E-state index in [1.54, 1.807) is 6.07 Å². The minimum absolute atomic E-state index is 0. The van der Waals surface area contributed by atoms with Crippen LogP contribution in [0.1, 0.15) is 31.1 Å². The molecule has 0 saturated heterocycles. The van der Waals surface area contributed by atoms with E-state index in [2.05, 4.69) is 15.6 Å². The maximum Gasteiger partial charge on any atom is 0.191 e. The quantitative estimate of drug-likeness (QED) is 0.453. The summed E-state index contributed by atoms with van der Waals surface area (Å²) in [5.74, 6) is 1.35. The van der Waals surface area contributed by atoms with Gasteiger partial charge in [-0.1, -0.05) is 0 Å². The van der Waals surface area contributed by atoms with Gasteiger partial charge in [-0.05, 0) is 44.9 Å². The van der Waals surface area contributed by atoms with Crippen LogP contribution in [0, 0.1) is 12.7 Å². The van der Waals surface area contributed by atoms with Gasteiger partial charge in [-0.3, -0.25) is 0 Å². The number of nitrogens with zero attached hydrogens (tertiary/aromatic N) is 1. The van der Waals surface area contributed by atoms with Crippen molar-refractivity contribution >= 4 is 40.9 Å². The predicted octanol–water partition coefficient (Wildman–Crippen LogP) is 3.72. The Bertz CT molecular complexity index is 679. The first-order valence-electron chi connectivity index (χ1n) is 7.39. The highest BCUT2D eigenvalue weighted by molar-refractivity contribution is 14.0. The molecule has 1 fully saturated rings. The van der Waals surface area contributed by atoms with Gasteiger partial charge in [-0.15, -0.1) is 24.0 Å². The van der Waals surface area contributed by atoms with Crippen molar-refractivity contribution in [3.63, 3.8) is 0 Å². The van der Waals surface area contributed by atoms with Crippen molar-refractivity contribution in [3.05, 3.63) is 35.3 Å². The second-order valence-corrected chi connectivity index (χ2v) is 5.40. The van der Waals surface area contributed by atoms with Crippen molar-refractivity contribution in [2.24, 2.45) is 4.99 Å². The smallest absolute Gasteiger partial charge is 0.191 e. The highest BCUT2D eigenvalue weighted by Gasteiger charge is 2.22. The summed E-state index contributed by atoms with van der Waals surface area (Å²) in [6, 6.07) is 5.14. The number of hydrogen-bond donors (Lipinski definition) is 2. The molecule has 22 heavy (non-hydrogen) atoms. The fraction of sp³-hybridized carbons (Fsp3) is 0.438. The molecule has 0 bridgehead atoms. The molecular formula is C16H21FIN3O. The van der Waals surface area contributed by atoms with Gasteiger partial charge in [0.15, 0.2) is 5.96 Å². The fourth-order valence-corrected chi connectivity index (χ4v) is 2.29. The molecule has 1 aromatic heterocycles. The molecule has 1 saturated carbocycles. The van der Waals surface area contributed by atoms with Crippen LogP contribution in [0.3, 0.4) is 0 Å². The average Bonchev–Trinajstić information content (AvgIpc) is 3.22. The van der Waals surface area contributed by atoms with Crippen molar-refractivity contribution < 1.29 is 8.81 Å². The van der Waals surface area contributed by atoms with Gasteiger partial charge >= 0.3 is 0 Å². The topological polar surface area (TPSA) is 49.6 Å². The molecule has 3 rings (SSSR count). The van der Waals surface area contributed by atoms with Gasteiger partial charge in [0.05, 0.1) is 0 Å². The molecule has 4 nitrogen and oxygen atoms in total. The van der Waals surface area contributed by atoms with E-state index in [4.69, 9.17) is 4.42 Å². The number of aryl methyl sites for hydroxylation is 1. The molecule has 0 atom stereocenters. The van der Waals surface area contributed by atoms with Gasteiger partial charge in [0.2, 0.25) is 0 Å². The number of nitrogens with one attached hydrogen (secondary N) is 2. The van der Waals surface area contributed by atoms with Crippen LogP contribution in [-0.2, 0) is 6.54 Å². The summed E-state index contributed by atoms with van der Waals surface area (Å²) in [5, 5.41) is 7.41. The highest BCUT2D eigenvalue weighted by atomic mass is 127. The lowest BCUT2D eigenvalue weighted by Crippen LogP contribution is -2.38. The maximum atomic E-state index is 13.3. The average molecular weight is 417 g/mol. The van der Waals surface area contributed by atoms with Gasteiger partial charge in [0.1, 0.15) is 23.7 Å². The van der Waals surface area contributed by atoms with Crippen molar-refractivity contribution in [2.75, 3.05) is 6.54 Å². The molecule has 120 valence electrons. The first-order chi connectivity index (χ1) is 10.2. The largest absolute Gasteiger partial charge is 0.459 e.